The van der Waals surface area contributed by atoms with Crippen molar-refractivity contribution in [1.29, 1.82) is 0 Å². The molecule has 31 heavy (non-hydrogen) atoms. The lowest BCUT2D eigenvalue weighted by molar-refractivity contribution is -0.192. The van der Waals surface area contributed by atoms with Crippen LogP contribution in [0.5, 0.6) is 0 Å². The summed E-state index contributed by atoms with van der Waals surface area (Å²) in [5.41, 5.74) is 2.01. The fourth-order valence-corrected chi connectivity index (χ4v) is 4.90. The monoisotopic (exact) mass is 457 g/mol. The molecule has 4 heterocycles. The Labute approximate surface area is 180 Å². The molecule has 0 unspecified atom stereocenters. The second kappa shape index (κ2) is 8.27. The van der Waals surface area contributed by atoms with Crippen LogP contribution in [-0.4, -0.2) is 56.8 Å². The van der Waals surface area contributed by atoms with Crippen molar-refractivity contribution in [2.75, 3.05) is 13.1 Å². The topological polar surface area (TPSA) is 84.7 Å². The molecule has 2 saturated heterocycles. The third-order valence-electron chi connectivity index (χ3n) is 5.74. The van der Waals surface area contributed by atoms with Crippen molar-refractivity contribution in [3.05, 3.63) is 40.1 Å². The standard InChI is InChI=1S/C18H21N3O2S.C2HF3O2/c1-20-6-2-3-14(20)18(22)21-8-12-7-15(23-16(12)9-21)17-19-13(10-24-17)11-4-5-11;3-2(4,5)1(6)7/h2-3,6,10-12,15-16H,4-5,7-9H2,1H3;(H,6,7)/t12-,15-,16+;/m0./s1. The fourth-order valence-electron chi connectivity index (χ4n) is 3.95. The van der Waals surface area contributed by atoms with Crippen LogP contribution in [0.4, 0.5) is 13.2 Å². The Hall–Kier alpha value is -2.40. The highest BCUT2D eigenvalue weighted by Gasteiger charge is 2.45. The van der Waals surface area contributed by atoms with Gasteiger partial charge in [-0.05, 0) is 31.4 Å². The van der Waals surface area contributed by atoms with E-state index < -0.39 is 12.1 Å². The number of carbonyl (C=O) groups excluding carboxylic acids is 1. The maximum Gasteiger partial charge on any atom is 0.490 e. The van der Waals surface area contributed by atoms with E-state index in [0.29, 0.717) is 18.4 Å². The average molecular weight is 457 g/mol. The number of aryl methyl sites for hydroxylation is 1. The van der Waals surface area contributed by atoms with Gasteiger partial charge in [0, 0.05) is 43.5 Å². The molecule has 3 aliphatic rings. The normalized spacial score (nSPS) is 25.2. The van der Waals surface area contributed by atoms with Gasteiger partial charge in [-0.15, -0.1) is 11.3 Å². The maximum absolute atomic E-state index is 12.6. The zero-order valence-electron chi connectivity index (χ0n) is 16.7. The number of hydrogen-bond donors (Lipinski definition) is 1. The van der Waals surface area contributed by atoms with Gasteiger partial charge < -0.3 is 19.3 Å². The van der Waals surface area contributed by atoms with Gasteiger partial charge in [-0.2, -0.15) is 13.2 Å². The Morgan fingerprint density at radius 1 is 1.29 bits per heavy atom. The number of carbonyl (C=O) groups is 2. The highest BCUT2D eigenvalue weighted by Crippen LogP contribution is 2.45. The first-order valence-corrected chi connectivity index (χ1v) is 10.8. The van der Waals surface area contributed by atoms with E-state index in [2.05, 4.69) is 5.38 Å². The Kier molecular flexibility index (Phi) is 5.82. The number of nitrogens with zero attached hydrogens (tertiary/aromatic N) is 3. The first-order valence-electron chi connectivity index (χ1n) is 9.95. The quantitative estimate of drug-likeness (QED) is 0.762. The van der Waals surface area contributed by atoms with Gasteiger partial charge >= 0.3 is 12.1 Å². The molecule has 1 aliphatic carbocycles. The molecule has 5 rings (SSSR count). The van der Waals surface area contributed by atoms with E-state index >= 15 is 0 Å². The van der Waals surface area contributed by atoms with Gasteiger partial charge in [0.1, 0.15) is 16.8 Å². The maximum atomic E-state index is 12.6. The molecule has 168 valence electrons. The number of rotatable bonds is 3. The number of aromatic nitrogens is 2. The highest BCUT2D eigenvalue weighted by molar-refractivity contribution is 7.09. The van der Waals surface area contributed by atoms with E-state index in [4.69, 9.17) is 19.6 Å². The smallest absolute Gasteiger partial charge is 0.475 e. The summed E-state index contributed by atoms with van der Waals surface area (Å²) in [5.74, 6) is -1.50. The van der Waals surface area contributed by atoms with Crippen LogP contribution < -0.4 is 0 Å². The molecule has 3 fully saturated rings. The van der Waals surface area contributed by atoms with Crippen molar-refractivity contribution >= 4 is 23.2 Å². The zero-order chi connectivity index (χ0) is 22.3. The number of hydrogen-bond acceptors (Lipinski definition) is 5. The first kappa shape index (κ1) is 21.8. The van der Waals surface area contributed by atoms with Gasteiger partial charge in [0.25, 0.3) is 5.91 Å². The molecule has 1 amide bonds. The summed E-state index contributed by atoms with van der Waals surface area (Å²) in [4.78, 5) is 28.3. The number of fused-ring (bicyclic) bond motifs is 1. The van der Waals surface area contributed by atoms with Crippen molar-refractivity contribution in [2.45, 2.75) is 43.6 Å². The SMILES string of the molecule is Cn1cccc1C(=O)N1C[C@@H]2C[C@@H](c3nc(C4CC4)cs3)O[C@@H]2C1.O=C(O)C(F)(F)F. The summed E-state index contributed by atoms with van der Waals surface area (Å²) in [6.45, 7) is 1.50. The Morgan fingerprint density at radius 3 is 2.55 bits per heavy atom. The lowest BCUT2D eigenvalue weighted by atomic mass is 10.0. The minimum absolute atomic E-state index is 0.113. The number of aliphatic carboxylic acids is 1. The summed E-state index contributed by atoms with van der Waals surface area (Å²) in [7, 11) is 1.91. The van der Waals surface area contributed by atoms with Gasteiger partial charge in [0.15, 0.2) is 0 Å². The summed E-state index contributed by atoms with van der Waals surface area (Å²) in [6, 6.07) is 3.80. The van der Waals surface area contributed by atoms with E-state index in [1.54, 1.807) is 11.3 Å². The van der Waals surface area contributed by atoms with Gasteiger partial charge in [0.05, 0.1) is 11.8 Å². The van der Waals surface area contributed by atoms with Crippen LogP contribution in [0.1, 0.15) is 52.5 Å². The van der Waals surface area contributed by atoms with Gasteiger partial charge in [-0.1, -0.05) is 0 Å². The van der Waals surface area contributed by atoms with E-state index in [1.807, 2.05) is 34.8 Å². The second-order valence-corrected chi connectivity index (χ2v) is 8.95. The third kappa shape index (κ3) is 4.77. The van der Waals surface area contributed by atoms with Crippen LogP contribution in [0.25, 0.3) is 0 Å². The molecule has 0 spiro atoms. The van der Waals surface area contributed by atoms with E-state index in [9.17, 15) is 18.0 Å². The number of alkyl halides is 3. The number of carboxylic acids is 1. The number of carboxylic acid groups (broad SMARTS) is 1. The molecule has 0 radical (unpaired) electrons. The Morgan fingerprint density at radius 2 is 2.00 bits per heavy atom. The minimum atomic E-state index is -5.08. The number of thiazole rings is 1. The Bertz CT molecular complexity index is 955. The number of amides is 1. The minimum Gasteiger partial charge on any atom is -0.475 e. The Balaban J connectivity index is 0.000000289. The molecule has 11 heteroatoms. The lowest BCUT2D eigenvalue weighted by Gasteiger charge is -2.19. The summed E-state index contributed by atoms with van der Waals surface area (Å²) in [5, 5.41) is 10.5. The van der Waals surface area contributed by atoms with Crippen molar-refractivity contribution in [3.8, 4) is 0 Å². The van der Waals surface area contributed by atoms with Crippen LogP contribution in [-0.2, 0) is 16.6 Å². The largest absolute Gasteiger partial charge is 0.490 e. The number of ether oxygens (including phenoxy) is 1. The van der Waals surface area contributed by atoms with Crippen molar-refractivity contribution in [2.24, 2.45) is 13.0 Å². The van der Waals surface area contributed by atoms with Crippen molar-refractivity contribution in [3.63, 3.8) is 0 Å². The molecule has 0 aromatic carbocycles. The molecule has 2 aromatic rings. The summed E-state index contributed by atoms with van der Waals surface area (Å²) < 4.78 is 39.9. The van der Waals surface area contributed by atoms with Crippen LogP contribution in [0.2, 0.25) is 0 Å². The summed E-state index contributed by atoms with van der Waals surface area (Å²) in [6.07, 6.45) is 0.680. The van der Waals surface area contributed by atoms with Crippen molar-refractivity contribution in [1.82, 2.24) is 14.5 Å². The highest BCUT2D eigenvalue weighted by atomic mass is 32.1. The predicted molar refractivity (Wildman–Crippen MR) is 105 cm³/mol. The van der Waals surface area contributed by atoms with Crippen LogP contribution in [0.3, 0.4) is 0 Å². The average Bonchev–Trinajstić information content (AvgIpc) is 3.05. The molecule has 1 N–H and O–H groups in total. The number of halogens is 3. The zero-order valence-corrected chi connectivity index (χ0v) is 17.5. The van der Waals surface area contributed by atoms with Crippen LogP contribution >= 0.6 is 11.3 Å². The van der Waals surface area contributed by atoms with Crippen LogP contribution in [0, 0.1) is 5.92 Å². The van der Waals surface area contributed by atoms with E-state index in [-0.39, 0.29) is 18.1 Å². The molecular formula is C20H22F3N3O4S. The van der Waals surface area contributed by atoms with Crippen LogP contribution in [0.15, 0.2) is 23.7 Å². The second-order valence-electron chi connectivity index (χ2n) is 8.06. The van der Waals surface area contributed by atoms with Crippen molar-refractivity contribution < 1.29 is 32.6 Å². The summed E-state index contributed by atoms with van der Waals surface area (Å²) >= 11 is 1.74. The van der Waals surface area contributed by atoms with Gasteiger partial charge in [-0.25, -0.2) is 9.78 Å². The molecular weight excluding hydrogens is 435 g/mol. The molecule has 2 aliphatic heterocycles. The molecule has 0 bridgehead atoms. The fraction of sp³-hybridized carbons (Fsp3) is 0.550. The number of likely N-dealkylation sites (tertiary alicyclic amines) is 1. The predicted octanol–water partition coefficient (Wildman–Crippen LogP) is 3.59. The molecule has 2 aromatic heterocycles. The molecule has 3 atom stereocenters. The lowest BCUT2D eigenvalue weighted by Crippen LogP contribution is -2.32. The van der Waals surface area contributed by atoms with E-state index in [1.165, 1.54) is 18.5 Å². The van der Waals surface area contributed by atoms with Gasteiger partial charge in [-0.3, -0.25) is 4.79 Å². The molecule has 7 nitrogen and oxygen atoms in total. The molecule has 1 saturated carbocycles. The first-order chi connectivity index (χ1) is 14.6. The third-order valence-corrected chi connectivity index (χ3v) is 6.70. The van der Waals surface area contributed by atoms with E-state index in [0.717, 1.165) is 23.7 Å². The van der Waals surface area contributed by atoms with Gasteiger partial charge in [0.2, 0.25) is 0 Å².